The van der Waals surface area contributed by atoms with E-state index in [9.17, 15) is 14.4 Å². The molecule has 0 saturated heterocycles. The van der Waals surface area contributed by atoms with Gasteiger partial charge in [-0.1, -0.05) is 13.8 Å². The molecule has 1 heterocycles. The van der Waals surface area contributed by atoms with E-state index in [2.05, 4.69) is 13.8 Å². The number of carbonyl (C=O) groups excluding carboxylic acids is 3. The first-order chi connectivity index (χ1) is 11.6. The van der Waals surface area contributed by atoms with E-state index in [-0.39, 0.29) is 22.3 Å². The number of fused-ring (bicyclic) bond motifs is 1. The first-order valence-corrected chi connectivity index (χ1v) is 8.09. The number of Topliss-reactive ketones (excluding diaryl/α,β-unsaturated/α-hetero) is 1. The van der Waals surface area contributed by atoms with Gasteiger partial charge in [0, 0.05) is 29.1 Å². The van der Waals surface area contributed by atoms with Gasteiger partial charge in [0.2, 0.25) is 11.8 Å². The Hall–Kier alpha value is -2.89. The summed E-state index contributed by atoms with van der Waals surface area (Å²) in [6.45, 7) is 6.03. The number of benzene rings is 1. The van der Waals surface area contributed by atoms with Gasteiger partial charge >= 0.3 is 0 Å². The summed E-state index contributed by atoms with van der Waals surface area (Å²) in [7, 11) is 0. The summed E-state index contributed by atoms with van der Waals surface area (Å²) in [5.74, 6) is -1.30. The minimum atomic E-state index is -0.717. The van der Waals surface area contributed by atoms with Crippen molar-refractivity contribution >= 4 is 17.6 Å². The first-order valence-electron chi connectivity index (χ1n) is 8.09. The summed E-state index contributed by atoms with van der Waals surface area (Å²) in [5.41, 5.74) is 14.0. The monoisotopic (exact) mass is 339 g/mol. The molecule has 2 amide bonds. The summed E-state index contributed by atoms with van der Waals surface area (Å²) in [4.78, 5) is 35.7. The fourth-order valence-corrected chi connectivity index (χ4v) is 3.60. The molecule has 0 atom stereocenters. The van der Waals surface area contributed by atoms with E-state index in [1.54, 1.807) is 12.1 Å². The topological polar surface area (TPSA) is 108 Å². The van der Waals surface area contributed by atoms with E-state index in [0.29, 0.717) is 12.1 Å². The van der Waals surface area contributed by atoms with Crippen LogP contribution in [0.1, 0.15) is 62.7 Å². The summed E-state index contributed by atoms with van der Waals surface area (Å²) >= 11 is 0. The summed E-state index contributed by atoms with van der Waals surface area (Å²) in [6.07, 6.45) is 1.25. The lowest BCUT2D eigenvalue weighted by molar-refractivity contribution is 0.0909. The lowest BCUT2D eigenvalue weighted by atomic mass is 9.76. The average molecular weight is 339 g/mol. The molecular formula is C19H21N3O3. The zero-order chi connectivity index (χ0) is 18.5. The van der Waals surface area contributed by atoms with Crippen LogP contribution in [-0.4, -0.2) is 22.2 Å². The average Bonchev–Trinajstić information content (AvgIpc) is 2.81. The van der Waals surface area contributed by atoms with Gasteiger partial charge < -0.3 is 16.0 Å². The summed E-state index contributed by atoms with van der Waals surface area (Å²) in [6, 6.07) is 6.64. The van der Waals surface area contributed by atoms with Crippen LogP contribution >= 0.6 is 0 Å². The number of rotatable bonds is 3. The van der Waals surface area contributed by atoms with Gasteiger partial charge in [-0.15, -0.1) is 0 Å². The molecule has 25 heavy (non-hydrogen) atoms. The van der Waals surface area contributed by atoms with Crippen LogP contribution in [0.3, 0.4) is 0 Å². The Morgan fingerprint density at radius 1 is 1.04 bits per heavy atom. The number of primary amides is 2. The zero-order valence-corrected chi connectivity index (χ0v) is 14.6. The van der Waals surface area contributed by atoms with Crippen LogP contribution in [-0.2, 0) is 6.42 Å². The van der Waals surface area contributed by atoms with Crippen molar-refractivity contribution in [3.63, 3.8) is 0 Å². The molecule has 1 aliphatic carbocycles. The number of aryl methyl sites for hydroxylation is 1. The minimum absolute atomic E-state index is 0.0771. The van der Waals surface area contributed by atoms with Gasteiger partial charge in [-0.2, -0.15) is 0 Å². The van der Waals surface area contributed by atoms with Crippen LogP contribution < -0.4 is 11.5 Å². The summed E-state index contributed by atoms with van der Waals surface area (Å²) < 4.78 is 1.95. The van der Waals surface area contributed by atoms with E-state index in [1.807, 2.05) is 17.6 Å². The second-order valence-corrected chi connectivity index (χ2v) is 7.38. The minimum Gasteiger partial charge on any atom is -0.366 e. The third-order valence-corrected chi connectivity index (χ3v) is 4.66. The number of carbonyl (C=O) groups is 3. The Labute approximate surface area is 145 Å². The van der Waals surface area contributed by atoms with E-state index in [1.165, 1.54) is 6.07 Å². The maximum absolute atomic E-state index is 12.5. The van der Waals surface area contributed by atoms with Crippen molar-refractivity contribution in [2.45, 2.75) is 33.6 Å². The molecule has 0 saturated carbocycles. The quantitative estimate of drug-likeness (QED) is 0.894. The fraction of sp³-hybridized carbons (Fsp3) is 0.316. The number of amides is 2. The maximum atomic E-state index is 12.5. The molecule has 6 nitrogen and oxygen atoms in total. The smallest absolute Gasteiger partial charge is 0.249 e. The van der Waals surface area contributed by atoms with Crippen LogP contribution in [0, 0.1) is 12.3 Å². The molecule has 4 N–H and O–H groups in total. The van der Waals surface area contributed by atoms with E-state index >= 15 is 0 Å². The standard InChI is InChI=1S/C19H21N3O3/c1-10-6-14-15(8-19(2,3)9-16(14)23)22(10)11-4-5-12(17(20)24)13(7-11)18(21)25/h4-7H,8-9H2,1-3H3,(H2,20,24)(H2,21,25). The second kappa shape index (κ2) is 5.58. The Kier molecular flexibility index (Phi) is 3.78. The van der Waals surface area contributed by atoms with Gasteiger partial charge in [0.15, 0.2) is 5.78 Å². The van der Waals surface area contributed by atoms with Crippen molar-refractivity contribution in [1.82, 2.24) is 4.57 Å². The molecule has 1 aromatic carbocycles. The van der Waals surface area contributed by atoms with Crippen LogP contribution in [0.5, 0.6) is 0 Å². The molecule has 0 bridgehead atoms. The lowest BCUT2D eigenvalue weighted by Crippen LogP contribution is -2.28. The highest BCUT2D eigenvalue weighted by molar-refractivity contribution is 6.06. The van der Waals surface area contributed by atoms with Gasteiger partial charge in [0.05, 0.1) is 11.1 Å². The van der Waals surface area contributed by atoms with Crippen molar-refractivity contribution < 1.29 is 14.4 Å². The SMILES string of the molecule is Cc1cc2c(n1-c1ccc(C(N)=O)c(C(N)=O)c1)CC(C)(C)CC2=O. The molecule has 2 aromatic rings. The third kappa shape index (κ3) is 2.84. The molecule has 1 aromatic heterocycles. The Morgan fingerprint density at radius 2 is 1.68 bits per heavy atom. The molecule has 6 heteroatoms. The van der Waals surface area contributed by atoms with E-state index < -0.39 is 11.8 Å². The molecule has 0 radical (unpaired) electrons. The number of hydrogen-bond donors (Lipinski definition) is 2. The molecule has 0 spiro atoms. The largest absolute Gasteiger partial charge is 0.366 e. The lowest BCUT2D eigenvalue weighted by Gasteiger charge is -2.30. The molecule has 0 fully saturated rings. The van der Waals surface area contributed by atoms with Crippen LogP contribution in [0.25, 0.3) is 5.69 Å². The Morgan fingerprint density at radius 3 is 2.28 bits per heavy atom. The highest BCUT2D eigenvalue weighted by Gasteiger charge is 2.34. The summed E-state index contributed by atoms with van der Waals surface area (Å²) in [5, 5.41) is 0. The van der Waals surface area contributed by atoms with Crippen LogP contribution in [0.15, 0.2) is 24.3 Å². The zero-order valence-electron chi connectivity index (χ0n) is 14.6. The second-order valence-electron chi connectivity index (χ2n) is 7.38. The number of aromatic nitrogens is 1. The third-order valence-electron chi connectivity index (χ3n) is 4.66. The number of hydrogen-bond acceptors (Lipinski definition) is 3. The highest BCUT2D eigenvalue weighted by atomic mass is 16.2. The maximum Gasteiger partial charge on any atom is 0.249 e. The van der Waals surface area contributed by atoms with Gasteiger partial charge in [-0.25, -0.2) is 0 Å². The molecule has 1 aliphatic rings. The highest BCUT2D eigenvalue weighted by Crippen LogP contribution is 2.37. The van der Waals surface area contributed by atoms with Gasteiger partial charge in [0.1, 0.15) is 0 Å². The Bertz CT molecular complexity index is 922. The first kappa shape index (κ1) is 17.0. The number of ketones is 1. The number of nitrogens with zero attached hydrogens (tertiary/aromatic N) is 1. The molecule has 3 rings (SSSR count). The van der Waals surface area contributed by atoms with Crippen molar-refractivity contribution in [3.8, 4) is 5.69 Å². The van der Waals surface area contributed by atoms with E-state index in [4.69, 9.17) is 11.5 Å². The predicted octanol–water partition coefficient (Wildman–Crippen LogP) is 2.14. The molecular weight excluding hydrogens is 318 g/mol. The fourth-order valence-electron chi connectivity index (χ4n) is 3.60. The molecule has 0 aliphatic heterocycles. The van der Waals surface area contributed by atoms with Gasteiger partial charge in [-0.3, -0.25) is 14.4 Å². The normalized spacial score (nSPS) is 15.7. The van der Waals surface area contributed by atoms with Crippen molar-refractivity contribution in [3.05, 3.63) is 52.3 Å². The van der Waals surface area contributed by atoms with Crippen LogP contribution in [0.4, 0.5) is 0 Å². The van der Waals surface area contributed by atoms with Crippen molar-refractivity contribution in [2.75, 3.05) is 0 Å². The van der Waals surface area contributed by atoms with Gasteiger partial charge in [-0.05, 0) is 43.0 Å². The van der Waals surface area contributed by atoms with Crippen molar-refractivity contribution in [1.29, 1.82) is 0 Å². The van der Waals surface area contributed by atoms with E-state index in [0.717, 1.165) is 23.4 Å². The van der Waals surface area contributed by atoms with Crippen molar-refractivity contribution in [2.24, 2.45) is 16.9 Å². The predicted molar refractivity (Wildman–Crippen MR) is 94.0 cm³/mol. The van der Waals surface area contributed by atoms with Gasteiger partial charge in [0.25, 0.3) is 0 Å². The van der Waals surface area contributed by atoms with Crippen LogP contribution in [0.2, 0.25) is 0 Å². The molecule has 0 unspecified atom stereocenters. The molecule has 130 valence electrons. The number of nitrogens with two attached hydrogens (primary N) is 2. The Balaban J connectivity index is 2.22.